The number of nitrogens with zero attached hydrogens (tertiary/aromatic N) is 1. The van der Waals surface area contributed by atoms with Gasteiger partial charge in [0.25, 0.3) is 5.91 Å². The number of carbonyl (C=O) groups excluding carboxylic acids is 1. The number of halogens is 3. The lowest BCUT2D eigenvalue weighted by atomic mass is 10.1. The van der Waals surface area contributed by atoms with Crippen LogP contribution in [0.5, 0.6) is 0 Å². The number of carbonyl (C=O) groups is 1. The molecule has 1 aliphatic heterocycles. The van der Waals surface area contributed by atoms with E-state index >= 15 is 0 Å². The van der Waals surface area contributed by atoms with Crippen LogP contribution < -0.4 is 10.0 Å². The number of nitrogens with one attached hydrogen (secondary N) is 2. The van der Waals surface area contributed by atoms with E-state index in [4.69, 9.17) is 0 Å². The number of hydrogen-bond donors (Lipinski definition) is 2. The molecule has 184 valence electrons. The molecule has 34 heavy (non-hydrogen) atoms. The first kappa shape index (κ1) is 25.9. The van der Waals surface area contributed by atoms with Gasteiger partial charge in [0.05, 0.1) is 4.90 Å². The second-order valence-electron chi connectivity index (χ2n) is 7.62. The van der Waals surface area contributed by atoms with Crippen LogP contribution in [-0.2, 0) is 26.6 Å². The summed E-state index contributed by atoms with van der Waals surface area (Å²) in [4.78, 5) is 12.2. The van der Waals surface area contributed by atoms with Crippen LogP contribution in [-0.4, -0.2) is 46.7 Å². The summed E-state index contributed by atoms with van der Waals surface area (Å²) < 4.78 is 92.3. The molecule has 1 atom stereocenters. The van der Waals surface area contributed by atoms with Gasteiger partial charge in [0.1, 0.15) is 0 Å². The Bertz CT molecular complexity index is 1300. The van der Waals surface area contributed by atoms with Gasteiger partial charge in [0, 0.05) is 42.7 Å². The maximum Gasteiger partial charge on any atom is 0.251 e. The quantitative estimate of drug-likeness (QED) is 0.495. The average Bonchev–Trinajstić information content (AvgIpc) is 3.31. The summed E-state index contributed by atoms with van der Waals surface area (Å²) in [6, 6.07) is 6.80. The molecule has 2 N–H and O–H groups in total. The smallest absolute Gasteiger partial charge is 0.251 e. The fourth-order valence-corrected chi connectivity index (χ4v) is 5.50. The van der Waals surface area contributed by atoms with Crippen LogP contribution in [0.2, 0.25) is 0 Å². The molecule has 0 spiro atoms. The van der Waals surface area contributed by atoms with Crippen molar-refractivity contribution in [1.82, 2.24) is 14.3 Å². The van der Waals surface area contributed by atoms with Crippen LogP contribution in [0.1, 0.15) is 22.3 Å². The van der Waals surface area contributed by atoms with Crippen LogP contribution in [0.3, 0.4) is 0 Å². The molecule has 3 rings (SSSR count). The van der Waals surface area contributed by atoms with Gasteiger partial charge in [-0.1, -0.05) is 12.6 Å². The first-order chi connectivity index (χ1) is 15.9. The molecule has 0 bridgehead atoms. The van der Waals surface area contributed by atoms with E-state index in [-0.39, 0.29) is 41.6 Å². The summed E-state index contributed by atoms with van der Waals surface area (Å²) in [6.07, 6.45) is 0.472. The molecule has 1 heterocycles. The molecule has 2 aromatic carbocycles. The highest BCUT2D eigenvalue weighted by Gasteiger charge is 2.33. The van der Waals surface area contributed by atoms with E-state index < -0.39 is 50.0 Å². The van der Waals surface area contributed by atoms with Crippen molar-refractivity contribution in [2.24, 2.45) is 5.92 Å². The van der Waals surface area contributed by atoms with Crippen molar-refractivity contribution >= 4 is 26.0 Å². The third-order valence-electron chi connectivity index (χ3n) is 5.35. The summed E-state index contributed by atoms with van der Waals surface area (Å²) in [5.74, 6) is -5.24. The molecule has 1 unspecified atom stereocenters. The van der Waals surface area contributed by atoms with Crippen molar-refractivity contribution in [3.63, 3.8) is 0 Å². The summed E-state index contributed by atoms with van der Waals surface area (Å²) in [5.41, 5.74) is -0.162. The second-order valence-corrected chi connectivity index (χ2v) is 11.3. The predicted molar refractivity (Wildman–Crippen MR) is 118 cm³/mol. The Labute approximate surface area is 195 Å². The lowest BCUT2D eigenvalue weighted by molar-refractivity contribution is 0.0950. The topological polar surface area (TPSA) is 113 Å². The van der Waals surface area contributed by atoms with E-state index in [2.05, 4.69) is 16.6 Å². The Kier molecular flexibility index (Phi) is 7.81. The number of sulfonamides is 2. The number of amides is 1. The minimum atomic E-state index is -3.87. The zero-order valence-corrected chi connectivity index (χ0v) is 19.4. The van der Waals surface area contributed by atoms with Crippen LogP contribution in [0.25, 0.3) is 0 Å². The summed E-state index contributed by atoms with van der Waals surface area (Å²) in [6.45, 7) is 3.23. The fraction of sp³-hybridized carbons (Fsp3) is 0.286. The Balaban J connectivity index is 1.61. The molecule has 1 amide bonds. The van der Waals surface area contributed by atoms with Gasteiger partial charge in [-0.15, -0.1) is 0 Å². The van der Waals surface area contributed by atoms with Crippen LogP contribution in [0.15, 0.2) is 53.3 Å². The van der Waals surface area contributed by atoms with Gasteiger partial charge in [0.2, 0.25) is 20.0 Å². The summed E-state index contributed by atoms with van der Waals surface area (Å²) in [5, 5.41) is 3.14. The molecule has 1 saturated heterocycles. The van der Waals surface area contributed by atoms with Gasteiger partial charge in [-0.3, -0.25) is 4.79 Å². The van der Waals surface area contributed by atoms with Crippen LogP contribution >= 0.6 is 0 Å². The van der Waals surface area contributed by atoms with E-state index in [0.717, 1.165) is 17.5 Å². The van der Waals surface area contributed by atoms with Gasteiger partial charge in [-0.2, -0.15) is 4.31 Å². The maximum absolute atomic E-state index is 13.7. The minimum absolute atomic E-state index is 0.0528. The highest BCUT2D eigenvalue weighted by Crippen LogP contribution is 2.24. The fourth-order valence-electron chi connectivity index (χ4n) is 3.38. The molecule has 2 aromatic rings. The van der Waals surface area contributed by atoms with E-state index in [1.807, 2.05) is 0 Å². The summed E-state index contributed by atoms with van der Waals surface area (Å²) in [7, 11) is -7.47. The Morgan fingerprint density at radius 1 is 1.06 bits per heavy atom. The van der Waals surface area contributed by atoms with Crippen molar-refractivity contribution < 1.29 is 34.8 Å². The van der Waals surface area contributed by atoms with E-state index in [9.17, 15) is 34.8 Å². The highest BCUT2D eigenvalue weighted by molar-refractivity contribution is 7.92. The van der Waals surface area contributed by atoms with Crippen molar-refractivity contribution in [3.05, 3.63) is 77.0 Å². The van der Waals surface area contributed by atoms with Gasteiger partial charge in [-0.25, -0.2) is 34.7 Å². The molecule has 1 aliphatic rings. The van der Waals surface area contributed by atoms with Gasteiger partial charge in [-0.05, 0) is 42.7 Å². The Morgan fingerprint density at radius 3 is 2.38 bits per heavy atom. The van der Waals surface area contributed by atoms with Crippen molar-refractivity contribution in [1.29, 1.82) is 0 Å². The monoisotopic (exact) mass is 517 g/mol. The van der Waals surface area contributed by atoms with Crippen molar-refractivity contribution in [3.8, 4) is 0 Å². The Morgan fingerprint density at radius 2 is 1.74 bits per heavy atom. The predicted octanol–water partition coefficient (Wildman–Crippen LogP) is 2.11. The molecular formula is C21H22F3N3O5S2. The zero-order chi connectivity index (χ0) is 25.1. The molecule has 0 aromatic heterocycles. The molecule has 0 radical (unpaired) electrons. The lowest BCUT2D eigenvalue weighted by Gasteiger charge is -2.17. The van der Waals surface area contributed by atoms with E-state index in [0.29, 0.717) is 6.42 Å². The van der Waals surface area contributed by atoms with E-state index in [1.54, 1.807) is 0 Å². The molecule has 8 nitrogen and oxygen atoms in total. The minimum Gasteiger partial charge on any atom is -0.348 e. The average molecular weight is 518 g/mol. The normalized spacial score (nSPS) is 17.0. The molecule has 1 fully saturated rings. The van der Waals surface area contributed by atoms with E-state index in [1.165, 1.54) is 28.6 Å². The SMILES string of the molecule is C=CS(=O)(=O)NCC1CCN(S(=O)(=O)c2ccc(C(=O)NCc3ccc(F)c(F)c3F)cc2)C1. The number of benzene rings is 2. The first-order valence-electron chi connectivity index (χ1n) is 10.1. The van der Waals surface area contributed by atoms with Gasteiger partial charge < -0.3 is 5.32 Å². The summed E-state index contributed by atoms with van der Waals surface area (Å²) >= 11 is 0. The number of rotatable bonds is 9. The van der Waals surface area contributed by atoms with Crippen molar-refractivity contribution in [2.75, 3.05) is 19.6 Å². The highest BCUT2D eigenvalue weighted by atomic mass is 32.2. The lowest BCUT2D eigenvalue weighted by Crippen LogP contribution is -2.32. The van der Waals surface area contributed by atoms with Gasteiger partial charge in [0.15, 0.2) is 17.5 Å². The van der Waals surface area contributed by atoms with Crippen LogP contribution in [0.4, 0.5) is 13.2 Å². The molecule has 0 saturated carbocycles. The van der Waals surface area contributed by atoms with Gasteiger partial charge >= 0.3 is 0 Å². The molecule has 0 aliphatic carbocycles. The Hall–Kier alpha value is -2.74. The standard InChI is InChI=1S/C21H22F3N3O5S2/c1-2-33(29,30)26-11-14-9-10-27(13-14)34(31,32)17-6-3-15(4-7-17)21(28)25-12-16-5-8-18(22)20(24)19(16)23/h2-8,14,26H,1,9-13H2,(H,25,28). The molecule has 13 heteroatoms. The number of hydrogen-bond acceptors (Lipinski definition) is 5. The third-order valence-corrected chi connectivity index (χ3v) is 8.24. The third kappa shape index (κ3) is 5.84. The first-order valence-corrected chi connectivity index (χ1v) is 13.1. The van der Waals surface area contributed by atoms with Crippen molar-refractivity contribution in [2.45, 2.75) is 17.9 Å². The molecular weight excluding hydrogens is 495 g/mol. The van der Waals surface area contributed by atoms with Crippen LogP contribution in [0, 0.1) is 23.4 Å². The largest absolute Gasteiger partial charge is 0.348 e. The zero-order valence-electron chi connectivity index (χ0n) is 17.8. The maximum atomic E-state index is 13.7. The second kappa shape index (κ2) is 10.3.